The van der Waals surface area contributed by atoms with Crippen LogP contribution < -0.4 is 10.5 Å². The highest BCUT2D eigenvalue weighted by Crippen LogP contribution is 2.33. The van der Waals surface area contributed by atoms with E-state index in [0.717, 1.165) is 18.2 Å². The number of phenolic OH excluding ortho intramolecular Hbond substituents is 1. The zero-order chi connectivity index (χ0) is 22.1. The van der Waals surface area contributed by atoms with Crippen LogP contribution in [0.15, 0.2) is 60.7 Å². The molecule has 0 aliphatic rings. The van der Waals surface area contributed by atoms with Gasteiger partial charge in [0.2, 0.25) is 6.10 Å². The Hall–Kier alpha value is -3.55. The smallest absolute Gasteiger partial charge is 0.416 e. The van der Waals surface area contributed by atoms with Gasteiger partial charge in [-0.2, -0.15) is 13.2 Å². The molecule has 0 bridgehead atoms. The molecule has 0 saturated heterocycles. The summed E-state index contributed by atoms with van der Waals surface area (Å²) in [4.78, 5) is 12.0. The van der Waals surface area contributed by atoms with Gasteiger partial charge in [0.15, 0.2) is 0 Å². The van der Waals surface area contributed by atoms with Crippen LogP contribution >= 0.6 is 0 Å². The second kappa shape index (κ2) is 8.06. The average Bonchev–Trinajstić information content (AvgIpc) is 2.69. The molecule has 30 heavy (non-hydrogen) atoms. The van der Waals surface area contributed by atoms with Crippen molar-refractivity contribution in [3.05, 3.63) is 83.2 Å². The quantitative estimate of drug-likeness (QED) is 0.563. The number of alkyl halides is 3. The number of hydrogen-bond acceptors (Lipinski definition) is 3. The molecule has 3 aromatic rings. The molecule has 3 rings (SSSR count). The van der Waals surface area contributed by atoms with Crippen molar-refractivity contribution in [3.63, 3.8) is 0 Å². The maximum atomic E-state index is 14.5. The van der Waals surface area contributed by atoms with Crippen LogP contribution in [0.3, 0.4) is 0 Å². The number of nitrogens with two attached hydrogens (primary N) is 1. The number of carbonyl (C=O) groups excluding carboxylic acids is 1. The van der Waals surface area contributed by atoms with Gasteiger partial charge in [-0.3, -0.25) is 4.79 Å². The van der Waals surface area contributed by atoms with Crippen LogP contribution in [0.4, 0.5) is 17.6 Å². The topological polar surface area (TPSA) is 72.5 Å². The Labute approximate surface area is 169 Å². The minimum Gasteiger partial charge on any atom is -0.508 e. The third-order valence-corrected chi connectivity index (χ3v) is 4.50. The molecule has 1 amide bonds. The highest BCUT2D eigenvalue weighted by Gasteiger charge is 2.30. The molecule has 0 aliphatic carbocycles. The highest BCUT2D eigenvalue weighted by molar-refractivity contribution is 5.81. The standard InChI is InChI=1S/C22H17F4NO3/c1-12-10-16(7-9-19(12)28)30-20(21(27)29)17-11-14(4-8-18(17)23)13-2-5-15(6-3-13)22(24,25)26/h2-11,20,28H,1H3,(H2,27,29). The molecule has 1 unspecified atom stereocenters. The monoisotopic (exact) mass is 419 g/mol. The van der Waals surface area contributed by atoms with E-state index in [0.29, 0.717) is 16.7 Å². The molecule has 0 radical (unpaired) electrons. The minimum absolute atomic E-state index is 0.0217. The fourth-order valence-electron chi connectivity index (χ4n) is 2.89. The normalized spacial score (nSPS) is 12.4. The van der Waals surface area contributed by atoms with Crippen molar-refractivity contribution >= 4 is 5.91 Å². The van der Waals surface area contributed by atoms with Crippen molar-refractivity contribution in [2.24, 2.45) is 5.73 Å². The molecular weight excluding hydrogens is 402 g/mol. The Bertz CT molecular complexity index is 1080. The summed E-state index contributed by atoms with van der Waals surface area (Å²) in [5.41, 5.74) is 5.70. The molecule has 156 valence electrons. The predicted octanol–water partition coefficient (Wildman–Crippen LogP) is 5.13. The number of primary amides is 1. The Kier molecular flexibility index (Phi) is 5.69. The zero-order valence-electron chi connectivity index (χ0n) is 15.7. The van der Waals surface area contributed by atoms with Crippen molar-refractivity contribution in [2.75, 3.05) is 0 Å². The summed E-state index contributed by atoms with van der Waals surface area (Å²) in [7, 11) is 0. The first-order valence-corrected chi connectivity index (χ1v) is 8.79. The van der Waals surface area contributed by atoms with Gasteiger partial charge in [0, 0.05) is 5.56 Å². The van der Waals surface area contributed by atoms with Gasteiger partial charge in [-0.15, -0.1) is 0 Å². The van der Waals surface area contributed by atoms with E-state index in [4.69, 9.17) is 10.5 Å². The van der Waals surface area contributed by atoms with E-state index in [1.807, 2.05) is 0 Å². The number of aryl methyl sites for hydroxylation is 1. The lowest BCUT2D eigenvalue weighted by Crippen LogP contribution is -2.27. The van der Waals surface area contributed by atoms with Crippen LogP contribution in [0.1, 0.15) is 22.8 Å². The number of benzene rings is 3. The molecule has 0 heterocycles. The molecule has 4 nitrogen and oxygen atoms in total. The van der Waals surface area contributed by atoms with Gasteiger partial charge in [-0.25, -0.2) is 4.39 Å². The number of phenols is 1. The number of rotatable bonds is 5. The number of aromatic hydroxyl groups is 1. The van der Waals surface area contributed by atoms with E-state index < -0.39 is 29.6 Å². The van der Waals surface area contributed by atoms with E-state index in [2.05, 4.69) is 0 Å². The van der Waals surface area contributed by atoms with Crippen molar-refractivity contribution < 1.29 is 32.2 Å². The summed E-state index contributed by atoms with van der Waals surface area (Å²) in [6.45, 7) is 1.62. The second-order valence-electron chi connectivity index (χ2n) is 6.66. The third kappa shape index (κ3) is 4.53. The first-order valence-electron chi connectivity index (χ1n) is 8.79. The van der Waals surface area contributed by atoms with E-state index >= 15 is 0 Å². The van der Waals surface area contributed by atoms with Crippen molar-refractivity contribution in [3.8, 4) is 22.6 Å². The summed E-state index contributed by atoms with van der Waals surface area (Å²) in [6.07, 6.45) is -5.96. The summed E-state index contributed by atoms with van der Waals surface area (Å²) < 4.78 is 58.3. The number of amides is 1. The van der Waals surface area contributed by atoms with Crippen LogP contribution in [-0.2, 0) is 11.0 Å². The Morgan fingerprint density at radius 2 is 1.63 bits per heavy atom. The first-order chi connectivity index (χ1) is 14.1. The molecule has 1 atom stereocenters. The number of hydrogen-bond donors (Lipinski definition) is 2. The van der Waals surface area contributed by atoms with E-state index in [-0.39, 0.29) is 17.1 Å². The summed E-state index contributed by atoms with van der Waals surface area (Å²) in [6, 6.07) is 12.3. The van der Waals surface area contributed by atoms with Gasteiger partial charge in [-0.05, 0) is 66.1 Å². The Morgan fingerprint density at radius 3 is 2.20 bits per heavy atom. The lowest BCUT2D eigenvalue weighted by atomic mass is 9.98. The summed E-state index contributed by atoms with van der Waals surface area (Å²) >= 11 is 0. The molecule has 0 spiro atoms. The van der Waals surface area contributed by atoms with Gasteiger partial charge >= 0.3 is 6.18 Å². The van der Waals surface area contributed by atoms with Crippen LogP contribution in [0.5, 0.6) is 11.5 Å². The van der Waals surface area contributed by atoms with Crippen LogP contribution in [0.2, 0.25) is 0 Å². The lowest BCUT2D eigenvalue weighted by Gasteiger charge is -2.18. The molecule has 3 aromatic carbocycles. The summed E-state index contributed by atoms with van der Waals surface area (Å²) in [5.74, 6) is -1.50. The third-order valence-electron chi connectivity index (χ3n) is 4.50. The first kappa shape index (κ1) is 21.2. The molecule has 3 N–H and O–H groups in total. The van der Waals surface area contributed by atoms with E-state index in [9.17, 15) is 27.5 Å². The molecule has 0 aliphatic heterocycles. The zero-order valence-corrected chi connectivity index (χ0v) is 15.7. The Morgan fingerprint density at radius 1 is 1.00 bits per heavy atom. The maximum absolute atomic E-state index is 14.5. The van der Waals surface area contributed by atoms with Crippen LogP contribution in [0.25, 0.3) is 11.1 Å². The van der Waals surface area contributed by atoms with Crippen molar-refractivity contribution in [1.82, 2.24) is 0 Å². The van der Waals surface area contributed by atoms with Gasteiger partial charge < -0.3 is 15.6 Å². The van der Waals surface area contributed by atoms with Crippen molar-refractivity contribution in [1.29, 1.82) is 0 Å². The van der Waals surface area contributed by atoms with Gasteiger partial charge in [0.1, 0.15) is 17.3 Å². The van der Waals surface area contributed by atoms with Gasteiger partial charge in [0.25, 0.3) is 5.91 Å². The Balaban J connectivity index is 1.97. The second-order valence-corrected chi connectivity index (χ2v) is 6.66. The van der Waals surface area contributed by atoms with Crippen molar-refractivity contribution in [2.45, 2.75) is 19.2 Å². The fourth-order valence-corrected chi connectivity index (χ4v) is 2.89. The molecule has 0 aromatic heterocycles. The number of halogens is 4. The average molecular weight is 419 g/mol. The minimum atomic E-state index is -4.47. The summed E-state index contributed by atoms with van der Waals surface area (Å²) in [5, 5.41) is 9.60. The van der Waals surface area contributed by atoms with E-state index in [1.165, 1.54) is 42.5 Å². The molecule has 8 heteroatoms. The SMILES string of the molecule is Cc1cc(OC(C(N)=O)c2cc(-c3ccc(C(F)(F)F)cc3)ccc2F)ccc1O. The fraction of sp³-hybridized carbons (Fsp3) is 0.136. The van der Waals surface area contributed by atoms with Gasteiger partial charge in [0.05, 0.1) is 5.56 Å². The lowest BCUT2D eigenvalue weighted by molar-refractivity contribution is -0.137. The molecule has 0 saturated carbocycles. The number of ether oxygens (including phenoxy) is 1. The highest BCUT2D eigenvalue weighted by atomic mass is 19.4. The van der Waals surface area contributed by atoms with Gasteiger partial charge in [-0.1, -0.05) is 18.2 Å². The van der Waals surface area contributed by atoms with Crippen LogP contribution in [-0.4, -0.2) is 11.0 Å². The molecule has 0 fully saturated rings. The number of carbonyl (C=O) groups is 1. The predicted molar refractivity (Wildman–Crippen MR) is 102 cm³/mol. The maximum Gasteiger partial charge on any atom is 0.416 e. The van der Waals surface area contributed by atoms with Crippen LogP contribution in [0, 0.1) is 12.7 Å². The van der Waals surface area contributed by atoms with E-state index in [1.54, 1.807) is 6.92 Å². The largest absolute Gasteiger partial charge is 0.508 e. The molecular formula is C22H17F4NO3.